The Bertz CT molecular complexity index is 553. The zero-order valence-corrected chi connectivity index (χ0v) is 12.9. The van der Waals surface area contributed by atoms with E-state index < -0.39 is 7.12 Å². The fourth-order valence-electron chi connectivity index (χ4n) is 2.46. The van der Waals surface area contributed by atoms with Crippen LogP contribution in [-0.4, -0.2) is 36.6 Å². The van der Waals surface area contributed by atoms with E-state index in [0.29, 0.717) is 36.0 Å². The van der Waals surface area contributed by atoms with Crippen LogP contribution in [0.5, 0.6) is 0 Å². The molecule has 8 heteroatoms. The molecule has 2 N–H and O–H groups in total. The van der Waals surface area contributed by atoms with Crippen LogP contribution in [0.25, 0.3) is 0 Å². The van der Waals surface area contributed by atoms with Gasteiger partial charge < -0.3 is 24.5 Å². The van der Waals surface area contributed by atoms with Gasteiger partial charge in [0, 0.05) is 18.3 Å². The molecule has 0 aromatic heterocycles. The van der Waals surface area contributed by atoms with Gasteiger partial charge in [0.1, 0.15) is 6.10 Å². The van der Waals surface area contributed by atoms with Gasteiger partial charge in [-0.3, -0.25) is 0 Å². The molecular formula is C13H15BClNO4S. The number of hydrogen-bond acceptors (Lipinski definition) is 5. The van der Waals surface area contributed by atoms with E-state index >= 15 is 0 Å². The topological polar surface area (TPSA) is 60.0 Å². The van der Waals surface area contributed by atoms with Crippen LogP contribution < -0.4 is 10.8 Å². The summed E-state index contributed by atoms with van der Waals surface area (Å²) in [4.78, 5) is 0. The number of anilines is 1. The highest BCUT2D eigenvalue weighted by molar-refractivity contribution is 7.80. The Labute approximate surface area is 133 Å². The molecule has 0 unspecified atom stereocenters. The molecule has 0 bridgehead atoms. The third-order valence-electron chi connectivity index (χ3n) is 3.59. The van der Waals surface area contributed by atoms with E-state index in [0.717, 1.165) is 18.4 Å². The average molecular weight is 328 g/mol. The van der Waals surface area contributed by atoms with Gasteiger partial charge in [-0.15, -0.1) is 0 Å². The first kappa shape index (κ1) is 15.1. The van der Waals surface area contributed by atoms with Gasteiger partial charge >= 0.3 is 7.12 Å². The van der Waals surface area contributed by atoms with Crippen molar-refractivity contribution in [2.75, 3.05) is 18.5 Å². The van der Waals surface area contributed by atoms with Gasteiger partial charge in [0.15, 0.2) is 0 Å². The molecule has 0 saturated carbocycles. The summed E-state index contributed by atoms with van der Waals surface area (Å²) >= 11 is 11.5. The van der Waals surface area contributed by atoms with Crippen LogP contribution in [0.1, 0.15) is 18.4 Å². The van der Waals surface area contributed by atoms with Crippen molar-refractivity contribution in [2.24, 2.45) is 0 Å². The minimum absolute atomic E-state index is 0.0703. The summed E-state index contributed by atoms with van der Waals surface area (Å²) in [6.07, 6.45) is 1.72. The van der Waals surface area contributed by atoms with E-state index in [1.54, 1.807) is 0 Å². The molecule has 1 saturated heterocycles. The van der Waals surface area contributed by atoms with Crippen LogP contribution in [0.2, 0.25) is 5.02 Å². The molecule has 0 radical (unpaired) electrons. The SMILES string of the molecule is OB1OCc2ccc(NC(=S)OC3CCOCC3)c(Cl)c21. The van der Waals surface area contributed by atoms with E-state index in [-0.39, 0.29) is 11.3 Å². The van der Waals surface area contributed by atoms with Crippen LogP contribution in [-0.2, 0) is 20.7 Å². The lowest BCUT2D eigenvalue weighted by atomic mass is 9.79. The third-order valence-corrected chi connectivity index (χ3v) is 4.20. The first-order chi connectivity index (χ1) is 10.1. The third kappa shape index (κ3) is 3.32. The number of rotatable bonds is 2. The molecule has 2 aliphatic heterocycles. The van der Waals surface area contributed by atoms with Gasteiger partial charge in [0.05, 0.1) is 30.5 Å². The standard InChI is InChI=1S/C13H15BClNO4S/c15-12-10(2-1-8-7-19-14(17)11(8)12)16-13(21)20-9-3-5-18-6-4-9/h1-2,9,17H,3-7H2,(H,16,21). The maximum atomic E-state index is 9.77. The normalized spacial score (nSPS) is 18.5. The fraction of sp³-hybridized carbons (Fsp3) is 0.462. The second-order valence-electron chi connectivity index (χ2n) is 5.01. The quantitative estimate of drug-likeness (QED) is 0.633. The summed E-state index contributed by atoms with van der Waals surface area (Å²) in [7, 11) is -0.987. The Morgan fingerprint density at radius 3 is 2.95 bits per heavy atom. The number of ether oxygens (including phenoxy) is 2. The molecule has 1 aromatic rings. The lowest BCUT2D eigenvalue weighted by Gasteiger charge is -2.24. The van der Waals surface area contributed by atoms with E-state index in [4.69, 9.17) is 37.9 Å². The van der Waals surface area contributed by atoms with E-state index in [1.165, 1.54) is 0 Å². The Balaban J connectivity index is 1.67. The summed E-state index contributed by atoms with van der Waals surface area (Å²) in [6, 6.07) is 3.67. The van der Waals surface area contributed by atoms with Crippen LogP contribution in [0.4, 0.5) is 5.69 Å². The Morgan fingerprint density at radius 1 is 1.43 bits per heavy atom. The predicted octanol–water partition coefficient (Wildman–Crippen LogP) is 1.45. The first-order valence-electron chi connectivity index (χ1n) is 6.81. The summed E-state index contributed by atoms with van der Waals surface area (Å²) in [5.41, 5.74) is 2.09. The molecule has 0 amide bonds. The zero-order valence-electron chi connectivity index (χ0n) is 11.3. The minimum atomic E-state index is -0.987. The molecule has 0 aliphatic carbocycles. The molecule has 112 valence electrons. The van der Waals surface area contributed by atoms with Gasteiger partial charge in [-0.05, 0) is 23.8 Å². The van der Waals surface area contributed by atoms with Crippen molar-refractivity contribution in [3.63, 3.8) is 0 Å². The highest BCUT2D eigenvalue weighted by Crippen LogP contribution is 2.25. The Kier molecular flexibility index (Phi) is 4.66. The largest absolute Gasteiger partial charge is 0.493 e. The molecule has 0 spiro atoms. The van der Waals surface area contributed by atoms with Crippen molar-refractivity contribution in [1.82, 2.24) is 0 Å². The highest BCUT2D eigenvalue weighted by atomic mass is 35.5. The van der Waals surface area contributed by atoms with Crippen molar-refractivity contribution >= 4 is 47.3 Å². The van der Waals surface area contributed by atoms with Crippen molar-refractivity contribution in [3.05, 3.63) is 22.7 Å². The lowest BCUT2D eigenvalue weighted by Crippen LogP contribution is -2.31. The van der Waals surface area contributed by atoms with Crippen molar-refractivity contribution < 1.29 is 19.2 Å². The van der Waals surface area contributed by atoms with E-state index in [2.05, 4.69) is 5.32 Å². The van der Waals surface area contributed by atoms with Gasteiger partial charge in [0.2, 0.25) is 0 Å². The van der Waals surface area contributed by atoms with E-state index in [9.17, 15) is 5.02 Å². The zero-order chi connectivity index (χ0) is 14.8. The molecule has 21 heavy (non-hydrogen) atoms. The van der Waals surface area contributed by atoms with Crippen molar-refractivity contribution in [3.8, 4) is 0 Å². The predicted molar refractivity (Wildman–Crippen MR) is 85.0 cm³/mol. The molecule has 1 aromatic carbocycles. The molecule has 5 nitrogen and oxygen atoms in total. The Hall–Kier alpha value is -0.855. The molecule has 1 fully saturated rings. The first-order valence-corrected chi connectivity index (χ1v) is 7.60. The number of hydrogen-bond donors (Lipinski definition) is 2. The van der Waals surface area contributed by atoms with Crippen LogP contribution in [0.15, 0.2) is 12.1 Å². The van der Waals surface area contributed by atoms with Crippen LogP contribution >= 0.6 is 23.8 Å². The smallest absolute Gasteiger partial charge is 0.467 e. The minimum Gasteiger partial charge on any atom is -0.467 e. The summed E-state index contributed by atoms with van der Waals surface area (Å²) in [5, 5.41) is 13.4. The summed E-state index contributed by atoms with van der Waals surface area (Å²) in [6.45, 7) is 1.74. The van der Waals surface area contributed by atoms with E-state index in [1.807, 2.05) is 12.1 Å². The summed E-state index contributed by atoms with van der Waals surface area (Å²) < 4.78 is 16.1. The lowest BCUT2D eigenvalue weighted by molar-refractivity contribution is 0.0218. The molecule has 0 atom stereocenters. The van der Waals surface area contributed by atoms with Gasteiger partial charge in [-0.2, -0.15) is 0 Å². The highest BCUT2D eigenvalue weighted by Gasteiger charge is 2.31. The number of thiocarbonyl (C=S) groups is 1. The van der Waals surface area contributed by atoms with Gasteiger partial charge in [-0.1, -0.05) is 17.7 Å². The van der Waals surface area contributed by atoms with Gasteiger partial charge in [-0.25, -0.2) is 0 Å². The molecule has 3 rings (SSSR count). The second-order valence-corrected chi connectivity index (χ2v) is 5.75. The molecular weight excluding hydrogens is 312 g/mol. The van der Waals surface area contributed by atoms with Crippen molar-refractivity contribution in [1.29, 1.82) is 0 Å². The number of benzene rings is 1. The fourth-order valence-corrected chi connectivity index (χ4v) is 3.03. The number of fused-ring (bicyclic) bond motifs is 1. The monoisotopic (exact) mass is 327 g/mol. The maximum absolute atomic E-state index is 9.77. The van der Waals surface area contributed by atoms with Crippen LogP contribution in [0.3, 0.4) is 0 Å². The van der Waals surface area contributed by atoms with Crippen LogP contribution in [0, 0.1) is 0 Å². The average Bonchev–Trinajstić information content (AvgIpc) is 2.85. The molecule has 2 aliphatic rings. The van der Waals surface area contributed by atoms with Crippen molar-refractivity contribution in [2.45, 2.75) is 25.6 Å². The maximum Gasteiger partial charge on any atom is 0.493 e. The number of nitrogens with one attached hydrogen (secondary N) is 1. The molecule has 2 heterocycles. The second kappa shape index (κ2) is 6.50. The number of halogens is 1. The summed E-state index contributed by atoms with van der Waals surface area (Å²) in [5.74, 6) is 0. The Morgan fingerprint density at radius 2 is 2.19 bits per heavy atom. The van der Waals surface area contributed by atoms with Gasteiger partial charge in [0.25, 0.3) is 5.17 Å².